The van der Waals surface area contributed by atoms with Crippen molar-refractivity contribution in [3.63, 3.8) is 0 Å². The normalized spacial score (nSPS) is 32.1. The molecule has 1 unspecified atom stereocenters. The molecule has 0 amide bonds. The summed E-state index contributed by atoms with van der Waals surface area (Å²) in [5, 5.41) is 0. The van der Waals surface area contributed by atoms with E-state index in [-0.39, 0.29) is 0 Å². The van der Waals surface area contributed by atoms with Crippen LogP contribution in [0.1, 0.15) is 52.9 Å². The van der Waals surface area contributed by atoms with Gasteiger partial charge in [-0.3, -0.25) is 0 Å². The first-order valence-corrected chi connectivity index (χ1v) is 4.75. The second-order valence-corrected chi connectivity index (χ2v) is 4.01. The highest BCUT2D eigenvalue weighted by molar-refractivity contribution is 5.03. The van der Waals surface area contributed by atoms with Crippen LogP contribution in [0.15, 0.2) is 0 Å². The Bertz CT molecular complexity index is 101. The van der Waals surface area contributed by atoms with Gasteiger partial charge in [0.15, 0.2) is 0 Å². The SMILES string of the molecule is CC1CCC12CC2.CCC. The van der Waals surface area contributed by atoms with Crippen LogP contribution in [-0.2, 0) is 0 Å². The molecule has 0 radical (unpaired) electrons. The molecule has 0 heterocycles. The van der Waals surface area contributed by atoms with Crippen LogP contribution in [0.25, 0.3) is 0 Å². The molecule has 2 aliphatic carbocycles. The molecule has 0 aromatic rings. The van der Waals surface area contributed by atoms with E-state index in [0.717, 1.165) is 11.3 Å². The van der Waals surface area contributed by atoms with Crippen LogP contribution in [0.5, 0.6) is 0 Å². The molecule has 2 saturated carbocycles. The van der Waals surface area contributed by atoms with Gasteiger partial charge in [-0.25, -0.2) is 0 Å². The van der Waals surface area contributed by atoms with Gasteiger partial charge in [0.2, 0.25) is 0 Å². The molecule has 60 valence electrons. The molecule has 0 heteroatoms. The topological polar surface area (TPSA) is 0 Å². The van der Waals surface area contributed by atoms with Gasteiger partial charge >= 0.3 is 0 Å². The lowest BCUT2D eigenvalue weighted by molar-refractivity contribution is 0.169. The molecule has 0 saturated heterocycles. The van der Waals surface area contributed by atoms with Crippen LogP contribution < -0.4 is 0 Å². The summed E-state index contributed by atoms with van der Waals surface area (Å²) < 4.78 is 0. The summed E-state index contributed by atoms with van der Waals surface area (Å²) in [6, 6.07) is 0. The first-order chi connectivity index (χ1) is 4.75. The van der Waals surface area contributed by atoms with E-state index in [1.54, 1.807) is 19.3 Å². The molecule has 1 spiro atoms. The first-order valence-electron chi connectivity index (χ1n) is 4.75. The third-order valence-electron chi connectivity index (χ3n) is 3.01. The Kier molecular flexibility index (Phi) is 2.38. The smallest absolute Gasteiger partial charge is 0.0271 e. The maximum Gasteiger partial charge on any atom is -0.0271 e. The van der Waals surface area contributed by atoms with Crippen molar-refractivity contribution in [2.24, 2.45) is 11.3 Å². The monoisotopic (exact) mass is 140 g/mol. The molecule has 0 N–H and O–H groups in total. The summed E-state index contributed by atoms with van der Waals surface area (Å²) in [5.41, 5.74) is 0.931. The third kappa shape index (κ3) is 1.36. The largest absolute Gasteiger partial charge is 0.0656 e. The molecule has 0 bridgehead atoms. The molecule has 2 rings (SSSR count). The fourth-order valence-corrected chi connectivity index (χ4v) is 1.74. The summed E-state index contributed by atoms with van der Waals surface area (Å²) in [5.74, 6) is 1.09. The molecular formula is C10H20. The van der Waals surface area contributed by atoms with E-state index < -0.39 is 0 Å². The number of rotatable bonds is 0. The van der Waals surface area contributed by atoms with Crippen molar-refractivity contribution in [3.05, 3.63) is 0 Å². The molecule has 1 atom stereocenters. The van der Waals surface area contributed by atoms with Gasteiger partial charge in [-0.2, -0.15) is 0 Å². The van der Waals surface area contributed by atoms with E-state index in [4.69, 9.17) is 0 Å². The Morgan fingerprint density at radius 3 is 1.70 bits per heavy atom. The van der Waals surface area contributed by atoms with Crippen molar-refractivity contribution >= 4 is 0 Å². The van der Waals surface area contributed by atoms with Crippen LogP contribution in [-0.4, -0.2) is 0 Å². The van der Waals surface area contributed by atoms with Gasteiger partial charge in [0.05, 0.1) is 0 Å². The maximum absolute atomic E-state index is 2.40. The Labute approximate surface area is 65.0 Å². The molecule has 10 heavy (non-hydrogen) atoms. The summed E-state index contributed by atoms with van der Waals surface area (Å²) in [7, 11) is 0. The van der Waals surface area contributed by atoms with E-state index in [0.29, 0.717) is 0 Å². The van der Waals surface area contributed by atoms with Crippen molar-refractivity contribution in [1.82, 2.24) is 0 Å². The van der Waals surface area contributed by atoms with Gasteiger partial charge in [-0.05, 0) is 37.0 Å². The molecule has 0 nitrogen and oxygen atoms in total. The second kappa shape index (κ2) is 2.94. The molecule has 0 aromatic heterocycles. The van der Waals surface area contributed by atoms with Crippen molar-refractivity contribution in [2.75, 3.05) is 0 Å². The summed E-state index contributed by atoms with van der Waals surface area (Å²) >= 11 is 0. The minimum absolute atomic E-state index is 0.931. The second-order valence-electron chi connectivity index (χ2n) is 4.01. The highest BCUT2D eigenvalue weighted by Gasteiger charge is 2.52. The first kappa shape index (κ1) is 8.10. The molecule has 0 aromatic carbocycles. The standard InChI is InChI=1S/C7H12.C3H8/c1-6-2-3-7(6)4-5-7;1-3-2/h6H,2-5H2,1H3;3H2,1-2H3. The fraction of sp³-hybridized carbons (Fsp3) is 1.00. The lowest BCUT2D eigenvalue weighted by atomic mass is 9.72. The molecule has 2 aliphatic rings. The lowest BCUT2D eigenvalue weighted by Gasteiger charge is -2.33. The van der Waals surface area contributed by atoms with Crippen LogP contribution >= 0.6 is 0 Å². The zero-order valence-corrected chi connectivity index (χ0v) is 7.61. The summed E-state index contributed by atoms with van der Waals surface area (Å²) in [4.78, 5) is 0. The predicted octanol–water partition coefficient (Wildman–Crippen LogP) is 3.61. The quantitative estimate of drug-likeness (QED) is 0.482. The highest BCUT2D eigenvalue weighted by Crippen LogP contribution is 2.64. The van der Waals surface area contributed by atoms with Crippen molar-refractivity contribution in [2.45, 2.75) is 52.9 Å². The Balaban J connectivity index is 0.000000148. The van der Waals surface area contributed by atoms with Crippen LogP contribution in [0.2, 0.25) is 0 Å². The Hall–Kier alpha value is 0. The van der Waals surface area contributed by atoms with Crippen LogP contribution in [0.3, 0.4) is 0 Å². The lowest BCUT2D eigenvalue weighted by Crippen LogP contribution is -2.23. The average Bonchev–Trinajstić information content (AvgIpc) is 2.66. The van der Waals surface area contributed by atoms with Gasteiger partial charge < -0.3 is 0 Å². The fourth-order valence-electron chi connectivity index (χ4n) is 1.74. The minimum atomic E-state index is 0.931. The van der Waals surface area contributed by atoms with Crippen LogP contribution in [0, 0.1) is 11.3 Å². The predicted molar refractivity (Wildman–Crippen MR) is 46.0 cm³/mol. The van der Waals surface area contributed by atoms with Crippen LogP contribution in [0.4, 0.5) is 0 Å². The summed E-state index contributed by atoms with van der Waals surface area (Å²) in [6.07, 6.45) is 7.41. The van der Waals surface area contributed by atoms with Crippen molar-refractivity contribution in [3.8, 4) is 0 Å². The zero-order valence-electron chi connectivity index (χ0n) is 7.61. The van der Waals surface area contributed by atoms with Gasteiger partial charge in [-0.1, -0.05) is 27.2 Å². The number of hydrogen-bond donors (Lipinski definition) is 0. The number of hydrogen-bond acceptors (Lipinski definition) is 0. The van der Waals surface area contributed by atoms with Crippen molar-refractivity contribution < 1.29 is 0 Å². The third-order valence-corrected chi connectivity index (χ3v) is 3.01. The van der Waals surface area contributed by atoms with Gasteiger partial charge in [0.1, 0.15) is 0 Å². The van der Waals surface area contributed by atoms with E-state index in [1.165, 1.54) is 12.8 Å². The van der Waals surface area contributed by atoms with Crippen molar-refractivity contribution in [1.29, 1.82) is 0 Å². The van der Waals surface area contributed by atoms with E-state index >= 15 is 0 Å². The van der Waals surface area contributed by atoms with E-state index in [1.807, 2.05) is 0 Å². The molecule has 0 aliphatic heterocycles. The molecule has 2 fully saturated rings. The van der Waals surface area contributed by atoms with Gasteiger partial charge in [0.25, 0.3) is 0 Å². The summed E-state index contributed by atoms with van der Waals surface area (Å²) in [6.45, 7) is 6.65. The average molecular weight is 140 g/mol. The van der Waals surface area contributed by atoms with E-state index in [9.17, 15) is 0 Å². The Morgan fingerprint density at radius 2 is 1.70 bits per heavy atom. The Morgan fingerprint density at radius 1 is 1.20 bits per heavy atom. The van der Waals surface area contributed by atoms with Gasteiger partial charge in [-0.15, -0.1) is 0 Å². The van der Waals surface area contributed by atoms with Gasteiger partial charge in [0, 0.05) is 0 Å². The molecular weight excluding hydrogens is 120 g/mol. The zero-order chi connectivity index (χ0) is 7.61. The van der Waals surface area contributed by atoms with E-state index in [2.05, 4.69) is 20.8 Å². The highest BCUT2D eigenvalue weighted by atomic mass is 14.6. The maximum atomic E-state index is 2.40. The minimum Gasteiger partial charge on any atom is -0.0656 e.